The molecule has 0 aliphatic heterocycles. The van der Waals surface area contributed by atoms with Crippen molar-refractivity contribution in [3.8, 4) is 5.75 Å². The van der Waals surface area contributed by atoms with E-state index in [1.54, 1.807) is 24.3 Å². The highest BCUT2D eigenvalue weighted by Gasteiger charge is 2.30. The van der Waals surface area contributed by atoms with Gasteiger partial charge in [-0.05, 0) is 54.1 Å². The van der Waals surface area contributed by atoms with Crippen molar-refractivity contribution in [2.24, 2.45) is 0 Å². The Morgan fingerprint density at radius 1 is 0.912 bits per heavy atom. The first-order valence-electron chi connectivity index (χ1n) is 10.1. The molecule has 0 aliphatic carbocycles. The summed E-state index contributed by atoms with van der Waals surface area (Å²) in [5, 5.41) is 0. The van der Waals surface area contributed by atoms with Crippen molar-refractivity contribution in [1.29, 1.82) is 0 Å². The van der Waals surface area contributed by atoms with E-state index in [9.17, 15) is 26.4 Å². The molecule has 10 heteroatoms. The fourth-order valence-corrected chi connectivity index (χ4v) is 4.52. The van der Waals surface area contributed by atoms with Crippen LogP contribution >= 0.6 is 0 Å². The van der Waals surface area contributed by atoms with Crippen LogP contribution in [0.5, 0.6) is 5.75 Å². The number of hydrogen-bond donors (Lipinski definition) is 0. The van der Waals surface area contributed by atoms with E-state index < -0.39 is 27.7 Å². The van der Waals surface area contributed by atoms with Gasteiger partial charge in [0.25, 0.3) is 15.9 Å². The second kappa shape index (κ2) is 9.76. The molecule has 0 bridgehead atoms. The lowest BCUT2D eigenvalue weighted by molar-refractivity contribution is -0.137. The van der Waals surface area contributed by atoms with E-state index >= 15 is 0 Å². The van der Waals surface area contributed by atoms with Gasteiger partial charge in [0, 0.05) is 26.2 Å². The average molecular weight is 493 g/mol. The highest BCUT2D eigenvalue weighted by molar-refractivity contribution is 7.92. The van der Waals surface area contributed by atoms with Crippen LogP contribution in [0.4, 0.5) is 18.9 Å². The van der Waals surface area contributed by atoms with Gasteiger partial charge in [0.2, 0.25) is 0 Å². The van der Waals surface area contributed by atoms with E-state index in [2.05, 4.69) is 0 Å². The lowest BCUT2D eigenvalue weighted by atomic mass is 10.1. The smallest absolute Gasteiger partial charge is 0.416 e. The Bertz CT molecular complexity index is 1260. The zero-order valence-corrected chi connectivity index (χ0v) is 19.5. The number of benzene rings is 3. The molecule has 0 spiro atoms. The highest BCUT2D eigenvalue weighted by atomic mass is 32.2. The minimum absolute atomic E-state index is 0.0113. The van der Waals surface area contributed by atoms with Crippen molar-refractivity contribution >= 4 is 21.6 Å². The number of nitrogens with zero attached hydrogens (tertiary/aromatic N) is 2. The maximum atomic E-state index is 13.0. The van der Waals surface area contributed by atoms with Crippen LogP contribution in [-0.4, -0.2) is 40.4 Å². The van der Waals surface area contributed by atoms with Crippen molar-refractivity contribution in [3.05, 3.63) is 89.5 Å². The average Bonchev–Trinajstić information content (AvgIpc) is 2.82. The third-order valence-corrected chi connectivity index (χ3v) is 7.02. The predicted molar refractivity (Wildman–Crippen MR) is 122 cm³/mol. The van der Waals surface area contributed by atoms with E-state index in [1.807, 2.05) is 0 Å². The third-order valence-electron chi connectivity index (χ3n) is 5.23. The Morgan fingerprint density at radius 2 is 1.50 bits per heavy atom. The molecule has 0 radical (unpaired) electrons. The van der Waals surface area contributed by atoms with E-state index in [4.69, 9.17) is 4.74 Å². The third kappa shape index (κ3) is 5.33. The number of carbonyl (C=O) groups excluding carboxylic acids is 1. The molecule has 0 aromatic heterocycles. The number of alkyl halides is 3. The topological polar surface area (TPSA) is 66.9 Å². The summed E-state index contributed by atoms with van der Waals surface area (Å²) in [4.78, 5) is 14.1. The number of sulfonamides is 1. The fourth-order valence-electron chi connectivity index (χ4n) is 3.31. The van der Waals surface area contributed by atoms with Gasteiger partial charge in [0.15, 0.2) is 0 Å². The zero-order chi connectivity index (χ0) is 25.1. The van der Waals surface area contributed by atoms with Gasteiger partial charge in [-0.2, -0.15) is 13.2 Å². The van der Waals surface area contributed by atoms with E-state index in [0.29, 0.717) is 17.0 Å². The van der Waals surface area contributed by atoms with Crippen molar-refractivity contribution in [2.75, 3.05) is 25.5 Å². The molecule has 3 rings (SSSR count). The molecule has 34 heavy (non-hydrogen) atoms. The highest BCUT2D eigenvalue weighted by Crippen LogP contribution is 2.31. The number of rotatable bonds is 7. The van der Waals surface area contributed by atoms with Gasteiger partial charge in [-0.3, -0.25) is 9.10 Å². The van der Waals surface area contributed by atoms with Crippen LogP contribution in [0, 0.1) is 0 Å². The molecule has 0 fully saturated rings. The maximum Gasteiger partial charge on any atom is 0.416 e. The normalized spacial score (nSPS) is 11.7. The van der Waals surface area contributed by atoms with Gasteiger partial charge in [0.1, 0.15) is 5.75 Å². The number of ether oxygens (including phenoxy) is 1. The summed E-state index contributed by atoms with van der Waals surface area (Å²) in [6.07, 6.45) is -4.43. The van der Waals surface area contributed by atoms with Gasteiger partial charge in [-0.25, -0.2) is 8.42 Å². The minimum Gasteiger partial charge on any atom is -0.495 e. The van der Waals surface area contributed by atoms with Gasteiger partial charge >= 0.3 is 6.18 Å². The van der Waals surface area contributed by atoms with Gasteiger partial charge in [-0.1, -0.05) is 24.3 Å². The van der Waals surface area contributed by atoms with Crippen LogP contribution in [0.3, 0.4) is 0 Å². The Hall–Kier alpha value is -3.53. The Labute approximate surface area is 196 Å². The monoisotopic (exact) mass is 492 g/mol. The largest absolute Gasteiger partial charge is 0.495 e. The summed E-state index contributed by atoms with van der Waals surface area (Å²) in [5.74, 6) is -0.00723. The van der Waals surface area contributed by atoms with Gasteiger partial charge in [-0.15, -0.1) is 0 Å². The summed E-state index contributed by atoms with van der Waals surface area (Å²) < 4.78 is 70.6. The minimum atomic E-state index is -4.43. The second-order valence-electron chi connectivity index (χ2n) is 7.52. The summed E-state index contributed by atoms with van der Waals surface area (Å²) in [7, 11) is 0.451. The maximum absolute atomic E-state index is 13.0. The number of carbonyl (C=O) groups is 1. The molecule has 1 amide bonds. The predicted octanol–water partition coefficient (Wildman–Crippen LogP) is 4.81. The summed E-state index contributed by atoms with van der Waals surface area (Å²) in [5.41, 5.74) is 0.372. The standard InChI is InChI=1S/C24H23F3N2O4S/c1-28(16-17-8-12-19(13-9-17)24(25,26)27)23(30)18-10-14-20(15-11-18)34(31,32)29(2)21-6-4-5-7-22(21)33-3/h4-15H,16H2,1-3H3. The van der Waals surface area contributed by atoms with E-state index in [1.165, 1.54) is 62.5 Å². The number of para-hydroxylation sites is 2. The summed E-state index contributed by atoms with van der Waals surface area (Å²) in [6.45, 7) is 0.0908. The molecule has 0 heterocycles. The first-order chi connectivity index (χ1) is 15.9. The summed E-state index contributed by atoms with van der Waals surface area (Å²) >= 11 is 0. The molecule has 0 atom stereocenters. The SMILES string of the molecule is COc1ccccc1N(C)S(=O)(=O)c1ccc(C(=O)N(C)Cc2ccc(C(F)(F)F)cc2)cc1. The van der Waals surface area contributed by atoms with E-state index in [0.717, 1.165) is 16.4 Å². The molecular formula is C24H23F3N2O4S. The molecule has 0 unspecified atom stereocenters. The number of halogens is 3. The second-order valence-corrected chi connectivity index (χ2v) is 9.49. The fraction of sp³-hybridized carbons (Fsp3) is 0.208. The molecule has 6 nitrogen and oxygen atoms in total. The van der Waals surface area contributed by atoms with E-state index in [-0.39, 0.29) is 17.0 Å². The molecule has 0 aliphatic rings. The van der Waals surface area contributed by atoms with Crippen molar-refractivity contribution < 1.29 is 31.1 Å². The molecule has 180 valence electrons. The van der Waals surface area contributed by atoms with Crippen LogP contribution < -0.4 is 9.04 Å². The molecule has 0 N–H and O–H groups in total. The number of methoxy groups -OCH3 is 1. The van der Waals surface area contributed by atoms with Gasteiger partial charge < -0.3 is 9.64 Å². The van der Waals surface area contributed by atoms with Crippen molar-refractivity contribution in [1.82, 2.24) is 4.90 Å². The quantitative estimate of drug-likeness (QED) is 0.475. The first-order valence-corrected chi connectivity index (χ1v) is 11.5. The number of anilines is 1. The number of hydrogen-bond acceptors (Lipinski definition) is 4. The van der Waals surface area contributed by atoms with Crippen LogP contribution in [0.2, 0.25) is 0 Å². The van der Waals surface area contributed by atoms with Crippen LogP contribution in [0.15, 0.2) is 77.7 Å². The van der Waals surface area contributed by atoms with Crippen LogP contribution in [0.1, 0.15) is 21.5 Å². The Kier molecular flexibility index (Phi) is 7.21. The van der Waals surface area contributed by atoms with Crippen LogP contribution in [0.25, 0.3) is 0 Å². The Balaban J connectivity index is 1.74. The Morgan fingerprint density at radius 3 is 2.06 bits per heavy atom. The zero-order valence-electron chi connectivity index (χ0n) is 18.7. The van der Waals surface area contributed by atoms with Gasteiger partial charge in [0.05, 0.1) is 23.3 Å². The van der Waals surface area contributed by atoms with Crippen LogP contribution in [-0.2, 0) is 22.7 Å². The lowest BCUT2D eigenvalue weighted by Crippen LogP contribution is -2.28. The van der Waals surface area contributed by atoms with Crippen molar-refractivity contribution in [2.45, 2.75) is 17.6 Å². The summed E-state index contributed by atoms with van der Waals surface area (Å²) in [6, 6.07) is 16.7. The molecule has 0 saturated heterocycles. The molecule has 0 saturated carbocycles. The lowest BCUT2D eigenvalue weighted by Gasteiger charge is -2.22. The van der Waals surface area contributed by atoms with Crippen molar-refractivity contribution in [3.63, 3.8) is 0 Å². The number of amides is 1. The molecular weight excluding hydrogens is 469 g/mol. The molecule has 3 aromatic carbocycles. The molecule has 3 aromatic rings. The first kappa shape index (κ1) is 25.1.